The molecule has 1 spiro atoms. The molecule has 100 valence electrons. The lowest BCUT2D eigenvalue weighted by atomic mass is 10.0. The molecule has 2 aliphatic rings. The number of nitriles is 1. The van der Waals surface area contributed by atoms with Gasteiger partial charge in [-0.2, -0.15) is 5.26 Å². The molecule has 1 aromatic rings. The van der Waals surface area contributed by atoms with Crippen molar-refractivity contribution in [2.24, 2.45) is 5.41 Å². The second-order valence-corrected chi connectivity index (χ2v) is 6.72. The number of hydrogen-bond acceptors (Lipinski definition) is 3. The number of anilines is 1. The molecule has 0 bridgehead atoms. The van der Waals surface area contributed by atoms with Crippen molar-refractivity contribution in [3.8, 4) is 6.07 Å². The molecular weight excluding hydrogens is 234 g/mol. The molecule has 0 aromatic heterocycles. The Morgan fingerprint density at radius 2 is 1.95 bits per heavy atom. The highest BCUT2D eigenvalue weighted by Gasteiger charge is 2.47. The van der Waals surface area contributed by atoms with Crippen molar-refractivity contribution >= 4 is 5.69 Å². The largest absolute Gasteiger partial charge is 0.368 e. The molecule has 0 amide bonds. The van der Waals surface area contributed by atoms with E-state index < -0.39 is 0 Å². The van der Waals surface area contributed by atoms with Gasteiger partial charge in [0.25, 0.3) is 0 Å². The number of para-hydroxylation sites is 1. The van der Waals surface area contributed by atoms with Gasteiger partial charge in [-0.05, 0) is 38.8 Å². The fourth-order valence-electron chi connectivity index (χ4n) is 3.00. The molecular formula is C16H21N3. The van der Waals surface area contributed by atoms with Gasteiger partial charge in [-0.3, -0.25) is 0 Å². The van der Waals surface area contributed by atoms with Gasteiger partial charge in [-0.15, -0.1) is 0 Å². The van der Waals surface area contributed by atoms with Crippen molar-refractivity contribution < 1.29 is 0 Å². The summed E-state index contributed by atoms with van der Waals surface area (Å²) in [7, 11) is 0. The third kappa shape index (κ3) is 2.46. The molecule has 0 atom stereocenters. The fraction of sp³-hybridized carbons (Fsp3) is 0.562. The van der Waals surface area contributed by atoms with Crippen LogP contribution in [0.5, 0.6) is 0 Å². The van der Waals surface area contributed by atoms with Crippen LogP contribution in [-0.2, 0) is 0 Å². The topological polar surface area (TPSA) is 39.1 Å². The van der Waals surface area contributed by atoms with E-state index in [0.717, 1.165) is 30.9 Å². The molecule has 3 rings (SSSR count). The molecule has 1 aliphatic heterocycles. The Labute approximate surface area is 115 Å². The quantitative estimate of drug-likeness (QED) is 0.838. The lowest BCUT2D eigenvalue weighted by Crippen LogP contribution is -2.46. The van der Waals surface area contributed by atoms with Gasteiger partial charge in [0.15, 0.2) is 0 Å². The predicted octanol–water partition coefficient (Wildman–Crippen LogP) is 2.53. The maximum absolute atomic E-state index is 9.30. The molecule has 1 N–H and O–H groups in total. The maximum Gasteiger partial charge on any atom is 0.101 e. The van der Waals surface area contributed by atoms with Crippen LogP contribution in [0.1, 0.15) is 32.3 Å². The highest BCUT2D eigenvalue weighted by molar-refractivity contribution is 5.60. The van der Waals surface area contributed by atoms with Crippen LogP contribution in [0, 0.1) is 16.7 Å². The van der Waals surface area contributed by atoms with Crippen molar-refractivity contribution in [1.29, 1.82) is 5.26 Å². The molecule has 0 unspecified atom stereocenters. The Balaban J connectivity index is 1.95. The van der Waals surface area contributed by atoms with Crippen LogP contribution in [0.4, 0.5) is 5.69 Å². The minimum absolute atomic E-state index is 0.0919. The lowest BCUT2D eigenvalue weighted by molar-refractivity contribution is 0.389. The van der Waals surface area contributed by atoms with Gasteiger partial charge in [0, 0.05) is 30.6 Å². The summed E-state index contributed by atoms with van der Waals surface area (Å²) >= 11 is 0. The molecule has 3 heteroatoms. The molecule has 0 radical (unpaired) electrons. The normalized spacial score (nSPS) is 23.7. The van der Waals surface area contributed by atoms with Crippen LogP contribution < -0.4 is 10.2 Å². The maximum atomic E-state index is 9.30. The van der Waals surface area contributed by atoms with E-state index in [4.69, 9.17) is 0 Å². The first-order valence-electron chi connectivity index (χ1n) is 7.03. The minimum Gasteiger partial charge on any atom is -0.368 e. The van der Waals surface area contributed by atoms with Gasteiger partial charge in [0.05, 0.1) is 11.3 Å². The molecule has 1 saturated carbocycles. The first-order chi connectivity index (χ1) is 9.04. The highest BCUT2D eigenvalue weighted by Crippen LogP contribution is 2.48. The van der Waals surface area contributed by atoms with Crippen LogP contribution in [0.3, 0.4) is 0 Å². The Morgan fingerprint density at radius 1 is 1.21 bits per heavy atom. The number of nitrogens with one attached hydrogen (secondary N) is 1. The molecule has 1 saturated heterocycles. The van der Waals surface area contributed by atoms with E-state index in [1.807, 2.05) is 18.2 Å². The van der Waals surface area contributed by atoms with Gasteiger partial charge in [-0.25, -0.2) is 0 Å². The monoisotopic (exact) mass is 255 g/mol. The molecule has 19 heavy (non-hydrogen) atoms. The number of hydrogen-bond donors (Lipinski definition) is 1. The third-order valence-corrected chi connectivity index (χ3v) is 4.38. The van der Waals surface area contributed by atoms with Crippen molar-refractivity contribution in [2.75, 3.05) is 24.5 Å². The van der Waals surface area contributed by atoms with Gasteiger partial charge in [-0.1, -0.05) is 12.1 Å². The molecule has 1 heterocycles. The summed E-state index contributed by atoms with van der Waals surface area (Å²) in [5, 5.41) is 13.0. The molecule has 1 aliphatic carbocycles. The van der Waals surface area contributed by atoms with Crippen molar-refractivity contribution in [3.63, 3.8) is 0 Å². The highest BCUT2D eigenvalue weighted by atomic mass is 15.2. The van der Waals surface area contributed by atoms with Crippen molar-refractivity contribution in [1.82, 2.24) is 5.32 Å². The third-order valence-electron chi connectivity index (χ3n) is 4.38. The number of benzene rings is 1. The second-order valence-electron chi connectivity index (χ2n) is 6.72. The second kappa shape index (κ2) is 4.25. The van der Waals surface area contributed by atoms with Gasteiger partial charge in [0.2, 0.25) is 0 Å². The summed E-state index contributed by atoms with van der Waals surface area (Å²) in [5.74, 6) is 0. The lowest BCUT2D eigenvalue weighted by Gasteiger charge is -2.32. The van der Waals surface area contributed by atoms with E-state index in [1.165, 1.54) is 12.8 Å². The summed E-state index contributed by atoms with van der Waals surface area (Å²) in [4.78, 5) is 2.41. The zero-order chi connectivity index (χ0) is 13.5. The number of nitrogens with zero attached hydrogens (tertiary/aromatic N) is 2. The minimum atomic E-state index is 0.0919. The van der Waals surface area contributed by atoms with Crippen molar-refractivity contribution in [3.05, 3.63) is 29.8 Å². The average molecular weight is 255 g/mol. The van der Waals surface area contributed by atoms with Gasteiger partial charge >= 0.3 is 0 Å². The van der Waals surface area contributed by atoms with Crippen LogP contribution >= 0.6 is 0 Å². The molecule has 1 aromatic carbocycles. The van der Waals surface area contributed by atoms with E-state index in [9.17, 15) is 5.26 Å². The van der Waals surface area contributed by atoms with E-state index in [1.54, 1.807) is 0 Å². The summed E-state index contributed by atoms with van der Waals surface area (Å²) < 4.78 is 0. The standard InChI is InChI=1S/C16H21N3/c1-15(2)11-19(12-16(7-8-16)10-18-15)14-6-4-3-5-13(14)9-17/h3-6,18H,7-8,10-12H2,1-2H3. The van der Waals surface area contributed by atoms with Gasteiger partial charge in [0.1, 0.15) is 6.07 Å². The van der Waals surface area contributed by atoms with E-state index in [2.05, 4.69) is 36.2 Å². The summed E-state index contributed by atoms with van der Waals surface area (Å²) in [6, 6.07) is 10.3. The number of rotatable bonds is 1. The zero-order valence-corrected chi connectivity index (χ0v) is 11.7. The van der Waals surface area contributed by atoms with Crippen molar-refractivity contribution in [2.45, 2.75) is 32.2 Å². The van der Waals surface area contributed by atoms with Crippen LogP contribution in [0.25, 0.3) is 0 Å². The van der Waals surface area contributed by atoms with Crippen LogP contribution in [0.15, 0.2) is 24.3 Å². The smallest absolute Gasteiger partial charge is 0.101 e. The Kier molecular flexibility index (Phi) is 2.79. The van der Waals surface area contributed by atoms with E-state index in [-0.39, 0.29) is 5.54 Å². The van der Waals surface area contributed by atoms with Gasteiger partial charge < -0.3 is 10.2 Å². The first kappa shape index (κ1) is 12.5. The zero-order valence-electron chi connectivity index (χ0n) is 11.7. The average Bonchev–Trinajstić information content (AvgIpc) is 3.17. The Morgan fingerprint density at radius 3 is 2.63 bits per heavy atom. The van der Waals surface area contributed by atoms with E-state index in [0.29, 0.717) is 5.41 Å². The predicted molar refractivity (Wildman–Crippen MR) is 77.1 cm³/mol. The van der Waals surface area contributed by atoms with E-state index >= 15 is 0 Å². The Bertz CT molecular complexity index is 515. The Hall–Kier alpha value is -1.53. The van der Waals surface area contributed by atoms with Crippen LogP contribution in [0.2, 0.25) is 0 Å². The van der Waals surface area contributed by atoms with Crippen LogP contribution in [-0.4, -0.2) is 25.2 Å². The first-order valence-corrected chi connectivity index (χ1v) is 7.03. The summed E-state index contributed by atoms with van der Waals surface area (Å²) in [5.41, 5.74) is 2.41. The summed E-state index contributed by atoms with van der Waals surface area (Å²) in [6.07, 6.45) is 2.61. The molecule has 3 nitrogen and oxygen atoms in total. The fourth-order valence-corrected chi connectivity index (χ4v) is 3.00. The summed E-state index contributed by atoms with van der Waals surface area (Å²) in [6.45, 7) is 7.62. The molecule has 2 fully saturated rings. The SMILES string of the molecule is CC1(C)CN(c2ccccc2C#N)CC2(CC2)CN1.